The Morgan fingerprint density at radius 1 is 0.735 bits per heavy atom. The van der Waals surface area contributed by atoms with Crippen LogP contribution in [0.4, 0.5) is 5.69 Å². The Bertz CT molecular complexity index is 1140. The largest absolute Gasteiger partial charge is 0.493 e. The summed E-state index contributed by atoms with van der Waals surface area (Å²) in [6.07, 6.45) is 1.54. The molecule has 1 unspecified atom stereocenters. The van der Waals surface area contributed by atoms with Gasteiger partial charge in [-0.3, -0.25) is 5.01 Å². The molecule has 1 heterocycles. The number of ether oxygens (including phenoxy) is 5. The smallest absolute Gasteiger partial charge is 0.203 e. The summed E-state index contributed by atoms with van der Waals surface area (Å²) in [6.45, 7) is 0. The molecular formula is C27H30N2O5. The summed E-state index contributed by atoms with van der Waals surface area (Å²) in [5.41, 5.74) is 4.07. The van der Waals surface area contributed by atoms with E-state index >= 15 is 0 Å². The molecule has 0 spiro atoms. The third-order valence-corrected chi connectivity index (χ3v) is 5.94. The minimum atomic E-state index is 0.120. The second-order valence-corrected chi connectivity index (χ2v) is 7.89. The van der Waals surface area contributed by atoms with E-state index < -0.39 is 0 Å². The number of anilines is 1. The number of nitrogens with zero attached hydrogens (tertiary/aromatic N) is 2. The van der Waals surface area contributed by atoms with Crippen LogP contribution in [0, 0.1) is 0 Å². The van der Waals surface area contributed by atoms with E-state index in [9.17, 15) is 0 Å². The highest BCUT2D eigenvalue weighted by Crippen LogP contribution is 2.40. The fourth-order valence-electron chi connectivity index (χ4n) is 4.27. The molecule has 4 rings (SSSR count). The van der Waals surface area contributed by atoms with Crippen molar-refractivity contribution < 1.29 is 23.7 Å². The van der Waals surface area contributed by atoms with Crippen molar-refractivity contribution in [2.45, 2.75) is 18.9 Å². The molecule has 0 saturated carbocycles. The van der Waals surface area contributed by atoms with Crippen LogP contribution >= 0.6 is 0 Å². The van der Waals surface area contributed by atoms with Crippen molar-refractivity contribution >= 4 is 11.4 Å². The number of benzene rings is 3. The standard InChI is InChI=1S/C27H30N2O5/c1-30-23-12-11-18(14-24(23)31-2)13-21-17-22(28-29(21)20-9-7-6-8-10-20)19-15-25(32-3)27(34-5)26(16-19)33-4/h6-12,14-16,21H,13,17H2,1-5H3. The average molecular weight is 463 g/mol. The Balaban J connectivity index is 1.70. The third kappa shape index (κ3) is 4.59. The predicted octanol–water partition coefficient (Wildman–Crippen LogP) is 4.96. The Morgan fingerprint density at radius 3 is 1.97 bits per heavy atom. The van der Waals surface area contributed by atoms with Crippen LogP contribution in [0.25, 0.3) is 0 Å². The molecular weight excluding hydrogens is 432 g/mol. The van der Waals surface area contributed by atoms with Crippen LogP contribution in [0.2, 0.25) is 0 Å². The zero-order valence-electron chi connectivity index (χ0n) is 20.2. The van der Waals surface area contributed by atoms with Gasteiger partial charge >= 0.3 is 0 Å². The van der Waals surface area contributed by atoms with Gasteiger partial charge in [-0.2, -0.15) is 5.10 Å². The number of methoxy groups -OCH3 is 5. The maximum Gasteiger partial charge on any atom is 0.203 e. The number of hydrogen-bond acceptors (Lipinski definition) is 7. The van der Waals surface area contributed by atoms with Gasteiger partial charge in [-0.1, -0.05) is 24.3 Å². The van der Waals surface area contributed by atoms with Gasteiger partial charge < -0.3 is 23.7 Å². The van der Waals surface area contributed by atoms with Gasteiger partial charge in [0.15, 0.2) is 23.0 Å². The molecule has 0 saturated heterocycles. The Labute approximate surface area is 200 Å². The maximum atomic E-state index is 5.56. The van der Waals surface area contributed by atoms with E-state index in [1.807, 2.05) is 42.5 Å². The molecule has 1 atom stereocenters. The van der Waals surface area contributed by atoms with Crippen molar-refractivity contribution in [2.75, 3.05) is 40.6 Å². The van der Waals surface area contributed by atoms with E-state index in [-0.39, 0.29) is 6.04 Å². The molecule has 178 valence electrons. The van der Waals surface area contributed by atoms with Crippen LogP contribution in [0.15, 0.2) is 65.8 Å². The molecule has 34 heavy (non-hydrogen) atoms. The van der Waals surface area contributed by atoms with Gasteiger partial charge in [-0.15, -0.1) is 0 Å². The summed E-state index contributed by atoms with van der Waals surface area (Å²) >= 11 is 0. The summed E-state index contributed by atoms with van der Waals surface area (Å²) in [4.78, 5) is 0. The molecule has 0 radical (unpaired) electrons. The lowest BCUT2D eigenvalue weighted by Gasteiger charge is -2.24. The van der Waals surface area contributed by atoms with Gasteiger partial charge in [-0.05, 0) is 48.4 Å². The van der Waals surface area contributed by atoms with Crippen molar-refractivity contribution in [3.8, 4) is 28.7 Å². The summed E-state index contributed by atoms with van der Waals surface area (Å²) in [6, 6.07) is 20.3. The van der Waals surface area contributed by atoms with Crippen molar-refractivity contribution in [3.63, 3.8) is 0 Å². The van der Waals surface area contributed by atoms with Crippen LogP contribution < -0.4 is 28.7 Å². The first-order valence-corrected chi connectivity index (χ1v) is 11.0. The normalized spacial score (nSPS) is 15.0. The Hall–Kier alpha value is -3.87. The first kappa shape index (κ1) is 23.3. The van der Waals surface area contributed by atoms with Gasteiger partial charge in [0.25, 0.3) is 0 Å². The highest BCUT2D eigenvalue weighted by atomic mass is 16.5. The molecule has 7 heteroatoms. The molecule has 7 nitrogen and oxygen atoms in total. The topological polar surface area (TPSA) is 61.8 Å². The molecule has 0 bridgehead atoms. The zero-order chi connectivity index (χ0) is 24.1. The lowest BCUT2D eigenvalue weighted by Crippen LogP contribution is -2.28. The van der Waals surface area contributed by atoms with E-state index in [2.05, 4.69) is 23.2 Å². The predicted molar refractivity (Wildman–Crippen MR) is 133 cm³/mol. The van der Waals surface area contributed by atoms with Crippen molar-refractivity contribution in [2.24, 2.45) is 5.10 Å². The summed E-state index contributed by atoms with van der Waals surface area (Å²) < 4.78 is 27.5. The first-order chi connectivity index (χ1) is 16.6. The van der Waals surface area contributed by atoms with Crippen LogP contribution in [-0.4, -0.2) is 47.3 Å². The first-order valence-electron chi connectivity index (χ1n) is 11.0. The third-order valence-electron chi connectivity index (χ3n) is 5.94. The minimum Gasteiger partial charge on any atom is -0.493 e. The van der Waals surface area contributed by atoms with Crippen LogP contribution in [0.1, 0.15) is 17.5 Å². The molecule has 1 aliphatic rings. The van der Waals surface area contributed by atoms with Gasteiger partial charge in [0.1, 0.15) is 0 Å². The van der Waals surface area contributed by atoms with Gasteiger partial charge in [0, 0.05) is 12.0 Å². The minimum absolute atomic E-state index is 0.120. The Morgan fingerprint density at radius 2 is 1.38 bits per heavy atom. The number of rotatable bonds is 9. The maximum absolute atomic E-state index is 5.56. The highest BCUT2D eigenvalue weighted by molar-refractivity contribution is 6.04. The highest BCUT2D eigenvalue weighted by Gasteiger charge is 2.30. The van der Waals surface area contributed by atoms with E-state index in [4.69, 9.17) is 28.8 Å². The SMILES string of the molecule is COc1ccc(CC2CC(c3cc(OC)c(OC)c(OC)c3)=NN2c2ccccc2)cc1OC. The molecule has 0 amide bonds. The quantitative estimate of drug-likeness (QED) is 0.448. The molecule has 1 aliphatic heterocycles. The van der Waals surface area contributed by atoms with E-state index in [0.717, 1.165) is 41.1 Å². The van der Waals surface area contributed by atoms with Crippen LogP contribution in [0.5, 0.6) is 28.7 Å². The second-order valence-electron chi connectivity index (χ2n) is 7.89. The monoisotopic (exact) mass is 462 g/mol. The number of hydrazone groups is 1. The van der Waals surface area contributed by atoms with Gasteiger partial charge in [0.05, 0.1) is 53.0 Å². The fourth-order valence-corrected chi connectivity index (χ4v) is 4.27. The van der Waals surface area contributed by atoms with E-state index in [1.165, 1.54) is 0 Å². The van der Waals surface area contributed by atoms with Gasteiger partial charge in [-0.25, -0.2) is 0 Å². The lowest BCUT2D eigenvalue weighted by atomic mass is 9.97. The average Bonchev–Trinajstić information content (AvgIpc) is 3.31. The molecule has 3 aromatic carbocycles. The molecule has 0 fully saturated rings. The summed E-state index contributed by atoms with van der Waals surface area (Å²) in [7, 11) is 8.13. The second kappa shape index (κ2) is 10.4. The van der Waals surface area contributed by atoms with Crippen LogP contribution in [0.3, 0.4) is 0 Å². The number of para-hydroxylation sites is 1. The lowest BCUT2D eigenvalue weighted by molar-refractivity contribution is 0.324. The van der Waals surface area contributed by atoms with Crippen molar-refractivity contribution in [1.29, 1.82) is 0 Å². The molecule has 0 aromatic heterocycles. The fraction of sp³-hybridized carbons (Fsp3) is 0.296. The van der Waals surface area contributed by atoms with E-state index in [1.54, 1.807) is 35.5 Å². The Kier molecular flexibility index (Phi) is 7.11. The number of hydrogen-bond donors (Lipinski definition) is 0. The zero-order valence-corrected chi connectivity index (χ0v) is 20.2. The van der Waals surface area contributed by atoms with E-state index in [0.29, 0.717) is 23.0 Å². The van der Waals surface area contributed by atoms with Crippen LogP contribution in [-0.2, 0) is 6.42 Å². The van der Waals surface area contributed by atoms with Crippen molar-refractivity contribution in [1.82, 2.24) is 0 Å². The summed E-state index contributed by atoms with van der Waals surface area (Å²) in [5, 5.41) is 7.12. The van der Waals surface area contributed by atoms with Crippen molar-refractivity contribution in [3.05, 3.63) is 71.8 Å². The molecule has 3 aromatic rings. The van der Waals surface area contributed by atoms with Gasteiger partial charge in [0.2, 0.25) is 5.75 Å². The summed E-state index contributed by atoms with van der Waals surface area (Å²) in [5.74, 6) is 3.21. The molecule has 0 aliphatic carbocycles. The molecule has 0 N–H and O–H groups in total.